The number of fused-ring (bicyclic) bond motifs is 3. The molecule has 2 aromatic heterocycles. The van der Waals surface area contributed by atoms with Gasteiger partial charge in [-0.25, -0.2) is 0 Å². The molecular formula is C21H20N4O3. The number of hydrogen-bond donors (Lipinski definition) is 3. The zero-order valence-corrected chi connectivity index (χ0v) is 15.4. The van der Waals surface area contributed by atoms with Crippen LogP contribution in [0.2, 0.25) is 0 Å². The summed E-state index contributed by atoms with van der Waals surface area (Å²) in [5.41, 5.74) is 2.60. The molecule has 0 spiro atoms. The molecule has 0 atom stereocenters. The van der Waals surface area contributed by atoms with Crippen LogP contribution in [0, 0.1) is 0 Å². The molecule has 2 heterocycles. The van der Waals surface area contributed by atoms with E-state index in [4.69, 9.17) is 4.74 Å². The predicted octanol–water partition coefficient (Wildman–Crippen LogP) is 2.63. The van der Waals surface area contributed by atoms with Crippen molar-refractivity contribution in [2.24, 2.45) is 0 Å². The number of benzene rings is 2. The van der Waals surface area contributed by atoms with E-state index < -0.39 is 0 Å². The van der Waals surface area contributed by atoms with Crippen LogP contribution in [0.25, 0.3) is 16.6 Å². The summed E-state index contributed by atoms with van der Waals surface area (Å²) >= 11 is 0. The highest BCUT2D eigenvalue weighted by Crippen LogP contribution is 2.16. The number of nitrogens with zero attached hydrogens (tertiary/aromatic N) is 1. The summed E-state index contributed by atoms with van der Waals surface area (Å²) in [7, 11) is 1.62. The molecule has 7 nitrogen and oxygen atoms in total. The molecule has 0 fully saturated rings. The number of anilines is 1. The lowest BCUT2D eigenvalue weighted by atomic mass is 10.2. The molecule has 0 bridgehead atoms. The van der Waals surface area contributed by atoms with Gasteiger partial charge in [-0.05, 0) is 30.3 Å². The number of methoxy groups -OCH3 is 1. The van der Waals surface area contributed by atoms with Crippen LogP contribution in [0.15, 0.2) is 65.6 Å². The van der Waals surface area contributed by atoms with E-state index in [1.54, 1.807) is 25.4 Å². The fourth-order valence-corrected chi connectivity index (χ4v) is 3.16. The lowest BCUT2D eigenvalue weighted by Gasteiger charge is -2.08. The highest BCUT2D eigenvalue weighted by Gasteiger charge is 2.11. The summed E-state index contributed by atoms with van der Waals surface area (Å²) in [5, 5.41) is 6.70. The normalized spacial score (nSPS) is 10.9. The second-order valence-corrected chi connectivity index (χ2v) is 6.37. The van der Waals surface area contributed by atoms with Crippen molar-refractivity contribution in [2.45, 2.75) is 0 Å². The van der Waals surface area contributed by atoms with Crippen molar-refractivity contribution in [3.05, 3.63) is 76.7 Å². The van der Waals surface area contributed by atoms with Crippen molar-refractivity contribution < 1.29 is 9.53 Å². The number of aromatic nitrogens is 2. The van der Waals surface area contributed by atoms with E-state index in [-0.39, 0.29) is 11.5 Å². The van der Waals surface area contributed by atoms with Crippen molar-refractivity contribution in [1.29, 1.82) is 0 Å². The molecule has 142 valence electrons. The van der Waals surface area contributed by atoms with Gasteiger partial charge in [0.05, 0.1) is 23.6 Å². The molecule has 0 saturated carbocycles. The number of ether oxygens (including phenoxy) is 1. The maximum absolute atomic E-state index is 12.5. The SMILES string of the molecule is COc1cccc(NCCNC(=O)c2cc3[nH]c(=O)c4ccccc4n3c2)c1. The number of hydrogen-bond acceptors (Lipinski definition) is 4. The number of nitrogens with one attached hydrogen (secondary N) is 3. The molecular weight excluding hydrogens is 356 g/mol. The molecule has 2 aromatic carbocycles. The van der Waals surface area contributed by atoms with E-state index in [2.05, 4.69) is 15.6 Å². The minimum absolute atomic E-state index is 0.171. The fraction of sp³-hybridized carbons (Fsp3) is 0.143. The average Bonchev–Trinajstić information content (AvgIpc) is 3.16. The van der Waals surface area contributed by atoms with E-state index in [9.17, 15) is 9.59 Å². The van der Waals surface area contributed by atoms with Crippen LogP contribution in [-0.2, 0) is 0 Å². The van der Waals surface area contributed by atoms with Gasteiger partial charge in [0, 0.05) is 31.0 Å². The van der Waals surface area contributed by atoms with Crippen molar-refractivity contribution in [2.75, 3.05) is 25.5 Å². The summed E-state index contributed by atoms with van der Waals surface area (Å²) in [5.74, 6) is 0.580. The average molecular weight is 376 g/mol. The summed E-state index contributed by atoms with van der Waals surface area (Å²) in [6, 6.07) is 16.6. The van der Waals surface area contributed by atoms with Gasteiger partial charge in [-0.3, -0.25) is 9.59 Å². The third-order valence-electron chi connectivity index (χ3n) is 4.54. The Kier molecular flexibility index (Phi) is 4.72. The van der Waals surface area contributed by atoms with Gasteiger partial charge in [-0.2, -0.15) is 0 Å². The monoisotopic (exact) mass is 376 g/mol. The van der Waals surface area contributed by atoms with Crippen molar-refractivity contribution in [1.82, 2.24) is 14.7 Å². The van der Waals surface area contributed by atoms with Crippen molar-refractivity contribution in [3.63, 3.8) is 0 Å². The van der Waals surface area contributed by atoms with E-state index in [0.29, 0.717) is 29.7 Å². The third kappa shape index (κ3) is 3.42. The van der Waals surface area contributed by atoms with Crippen LogP contribution >= 0.6 is 0 Å². The topological polar surface area (TPSA) is 87.6 Å². The predicted molar refractivity (Wildman–Crippen MR) is 109 cm³/mol. The summed E-state index contributed by atoms with van der Waals surface area (Å²) in [4.78, 5) is 27.5. The van der Waals surface area contributed by atoms with Gasteiger partial charge in [0.1, 0.15) is 11.4 Å². The minimum atomic E-state index is -0.193. The zero-order chi connectivity index (χ0) is 19.5. The highest BCUT2D eigenvalue weighted by atomic mass is 16.5. The van der Waals surface area contributed by atoms with Gasteiger partial charge in [-0.1, -0.05) is 18.2 Å². The molecule has 1 amide bonds. The Bertz CT molecular complexity index is 1210. The first-order valence-corrected chi connectivity index (χ1v) is 8.95. The van der Waals surface area contributed by atoms with Crippen molar-refractivity contribution >= 4 is 28.1 Å². The Morgan fingerprint density at radius 1 is 1.11 bits per heavy atom. The standard InChI is InChI=1S/C21H20N4O3/c1-28-16-6-4-5-15(12-16)22-9-10-23-20(26)14-11-19-24-21(27)17-7-2-3-8-18(17)25(19)13-14/h2-8,11-13,22H,9-10H2,1H3,(H,23,26)(H,24,27). The molecule has 0 saturated heterocycles. The first-order chi connectivity index (χ1) is 13.7. The Morgan fingerprint density at radius 2 is 1.96 bits per heavy atom. The van der Waals surface area contributed by atoms with Gasteiger partial charge in [-0.15, -0.1) is 0 Å². The molecule has 7 heteroatoms. The van der Waals surface area contributed by atoms with E-state index >= 15 is 0 Å². The van der Waals surface area contributed by atoms with Crippen LogP contribution in [0.1, 0.15) is 10.4 Å². The molecule has 28 heavy (non-hydrogen) atoms. The molecule has 0 aliphatic rings. The molecule has 3 N–H and O–H groups in total. The van der Waals surface area contributed by atoms with Gasteiger partial charge in [0.2, 0.25) is 0 Å². The molecule has 0 radical (unpaired) electrons. The molecule has 4 aromatic rings. The quantitative estimate of drug-likeness (QED) is 0.452. The smallest absolute Gasteiger partial charge is 0.258 e. The van der Waals surface area contributed by atoms with Crippen LogP contribution in [-0.4, -0.2) is 35.5 Å². The second-order valence-electron chi connectivity index (χ2n) is 6.37. The van der Waals surface area contributed by atoms with Gasteiger partial charge < -0.3 is 24.8 Å². The summed E-state index contributed by atoms with van der Waals surface area (Å²) in [6.45, 7) is 1.03. The Balaban J connectivity index is 1.44. The highest BCUT2D eigenvalue weighted by molar-refractivity contribution is 5.96. The van der Waals surface area contributed by atoms with Crippen LogP contribution in [0.4, 0.5) is 5.69 Å². The Morgan fingerprint density at radius 3 is 2.82 bits per heavy atom. The maximum Gasteiger partial charge on any atom is 0.258 e. The van der Waals surface area contributed by atoms with Crippen LogP contribution in [0.3, 0.4) is 0 Å². The number of para-hydroxylation sites is 1. The lowest BCUT2D eigenvalue weighted by molar-refractivity contribution is 0.0955. The molecule has 0 aliphatic heterocycles. The number of rotatable bonds is 6. The molecule has 0 unspecified atom stereocenters. The number of H-pyrrole nitrogens is 1. The van der Waals surface area contributed by atoms with E-state index in [0.717, 1.165) is 17.0 Å². The van der Waals surface area contributed by atoms with Gasteiger partial charge in [0.25, 0.3) is 11.5 Å². The third-order valence-corrected chi connectivity index (χ3v) is 4.54. The maximum atomic E-state index is 12.5. The number of amides is 1. The molecule has 0 aliphatic carbocycles. The molecule has 4 rings (SSSR count). The largest absolute Gasteiger partial charge is 0.497 e. The Hall–Kier alpha value is -3.74. The second kappa shape index (κ2) is 7.48. The number of carbonyl (C=O) groups is 1. The van der Waals surface area contributed by atoms with Crippen molar-refractivity contribution in [3.8, 4) is 5.75 Å². The van der Waals surface area contributed by atoms with Gasteiger partial charge >= 0.3 is 0 Å². The number of carbonyl (C=O) groups excluding carboxylic acids is 1. The fourth-order valence-electron chi connectivity index (χ4n) is 3.16. The first-order valence-electron chi connectivity index (χ1n) is 8.95. The van der Waals surface area contributed by atoms with E-state index in [1.165, 1.54) is 0 Å². The zero-order valence-electron chi connectivity index (χ0n) is 15.4. The minimum Gasteiger partial charge on any atom is -0.497 e. The van der Waals surface area contributed by atoms with Crippen LogP contribution < -0.4 is 20.9 Å². The summed E-state index contributed by atoms with van der Waals surface area (Å²) in [6.07, 6.45) is 1.73. The van der Waals surface area contributed by atoms with Gasteiger partial charge in [0.15, 0.2) is 0 Å². The Labute approximate surface area is 161 Å². The lowest BCUT2D eigenvalue weighted by Crippen LogP contribution is -2.28. The van der Waals surface area contributed by atoms with E-state index in [1.807, 2.05) is 46.9 Å². The first kappa shape index (κ1) is 17.7. The van der Waals surface area contributed by atoms with Crippen LogP contribution in [0.5, 0.6) is 5.75 Å². The summed E-state index contributed by atoms with van der Waals surface area (Å²) < 4.78 is 7.01. The number of aromatic amines is 1.